The topological polar surface area (TPSA) is 37.3 Å². The molecule has 5 atom stereocenters. The van der Waals surface area contributed by atoms with Crippen LogP contribution in [-0.4, -0.2) is 10.9 Å². The molecule has 0 aromatic heterocycles. The molecule has 0 aliphatic heterocycles. The Balaban J connectivity index is 1.41. The highest BCUT2D eigenvalue weighted by atomic mass is 16.3. The number of hydrogen-bond acceptors (Lipinski definition) is 2. The third-order valence-corrected chi connectivity index (χ3v) is 8.48. The fourth-order valence-corrected chi connectivity index (χ4v) is 7.00. The number of aryl methyl sites for hydroxylation is 3. The van der Waals surface area contributed by atoms with Gasteiger partial charge in [-0.2, -0.15) is 0 Å². The summed E-state index contributed by atoms with van der Waals surface area (Å²) in [5.74, 6) is 3.10. The Labute approximate surface area is 174 Å². The summed E-state index contributed by atoms with van der Waals surface area (Å²) in [5, 5.41) is 9.90. The van der Waals surface area contributed by atoms with Gasteiger partial charge in [0.15, 0.2) is 0 Å². The molecule has 29 heavy (non-hydrogen) atoms. The van der Waals surface area contributed by atoms with E-state index < -0.39 is 0 Å². The van der Waals surface area contributed by atoms with Gasteiger partial charge in [-0.3, -0.25) is 4.79 Å². The van der Waals surface area contributed by atoms with Crippen molar-refractivity contribution in [2.75, 3.05) is 0 Å². The van der Waals surface area contributed by atoms with Crippen LogP contribution in [0.2, 0.25) is 0 Å². The minimum absolute atomic E-state index is 0.118. The average molecular weight is 389 g/mol. The van der Waals surface area contributed by atoms with Crippen LogP contribution in [0.5, 0.6) is 5.75 Å². The van der Waals surface area contributed by atoms with E-state index >= 15 is 0 Å². The number of benzene rings is 2. The summed E-state index contributed by atoms with van der Waals surface area (Å²) in [6.45, 7) is 4.40. The number of hydrogen-bond donors (Lipinski definition) is 1. The van der Waals surface area contributed by atoms with Crippen LogP contribution in [-0.2, 0) is 17.6 Å². The first kappa shape index (κ1) is 18.9. The van der Waals surface area contributed by atoms with Crippen LogP contribution in [0.4, 0.5) is 0 Å². The summed E-state index contributed by atoms with van der Waals surface area (Å²) < 4.78 is 0. The Hall–Kier alpha value is -2.09. The van der Waals surface area contributed by atoms with E-state index in [9.17, 15) is 9.90 Å². The van der Waals surface area contributed by atoms with Crippen LogP contribution in [0, 0.1) is 30.1 Å². The first-order valence-corrected chi connectivity index (χ1v) is 11.4. The van der Waals surface area contributed by atoms with Gasteiger partial charge in [0.1, 0.15) is 11.5 Å². The second-order valence-corrected chi connectivity index (χ2v) is 10.1. The maximum Gasteiger partial charge on any atom is 0.139 e. The zero-order valence-electron chi connectivity index (χ0n) is 17.7. The summed E-state index contributed by atoms with van der Waals surface area (Å²) in [6, 6.07) is 14.9. The lowest BCUT2D eigenvalue weighted by atomic mass is 9.54. The highest BCUT2D eigenvalue weighted by molar-refractivity contribution is 5.87. The first-order valence-electron chi connectivity index (χ1n) is 11.4. The molecule has 3 aliphatic carbocycles. The van der Waals surface area contributed by atoms with E-state index in [1.807, 2.05) is 12.1 Å². The predicted molar refractivity (Wildman–Crippen MR) is 116 cm³/mol. The van der Waals surface area contributed by atoms with Crippen molar-refractivity contribution in [3.63, 3.8) is 0 Å². The number of rotatable bonds is 3. The van der Waals surface area contributed by atoms with Crippen LogP contribution in [0.25, 0.3) is 0 Å². The Bertz CT molecular complexity index is 928. The second-order valence-electron chi connectivity index (χ2n) is 10.1. The van der Waals surface area contributed by atoms with Crippen molar-refractivity contribution in [1.29, 1.82) is 0 Å². The average Bonchev–Trinajstić information content (AvgIpc) is 2.97. The molecule has 0 heterocycles. The van der Waals surface area contributed by atoms with Gasteiger partial charge in [-0.15, -0.1) is 0 Å². The van der Waals surface area contributed by atoms with E-state index in [0.29, 0.717) is 35.2 Å². The Kier molecular flexibility index (Phi) is 4.57. The normalized spacial score (nSPS) is 33.1. The van der Waals surface area contributed by atoms with E-state index in [4.69, 9.17) is 0 Å². The van der Waals surface area contributed by atoms with E-state index in [1.165, 1.54) is 22.3 Å². The molecule has 0 unspecified atom stereocenters. The lowest BCUT2D eigenvalue weighted by Crippen LogP contribution is -2.44. The summed E-state index contributed by atoms with van der Waals surface area (Å²) in [4.78, 5) is 13.1. The molecule has 0 radical (unpaired) electrons. The number of Topliss-reactive ketones (excluding diaryl/α,β-unsaturated/α-hetero) is 1. The van der Waals surface area contributed by atoms with Gasteiger partial charge in [0, 0.05) is 11.8 Å². The molecule has 5 rings (SSSR count). The van der Waals surface area contributed by atoms with Gasteiger partial charge in [0.25, 0.3) is 0 Å². The number of aromatic hydroxyl groups is 1. The maximum absolute atomic E-state index is 13.1. The van der Waals surface area contributed by atoms with Crippen LogP contribution in [0.1, 0.15) is 67.2 Å². The minimum atomic E-state index is -0.118. The molecule has 0 amide bonds. The molecule has 152 valence electrons. The lowest BCUT2D eigenvalue weighted by molar-refractivity contribution is -0.129. The number of carbonyl (C=O) groups excluding carboxylic acids is 1. The van der Waals surface area contributed by atoms with Crippen molar-refractivity contribution in [3.8, 4) is 5.75 Å². The second kappa shape index (κ2) is 7.00. The third-order valence-electron chi connectivity index (χ3n) is 8.48. The fraction of sp³-hybridized carbons (Fsp3) is 0.519. The molecular weight excluding hydrogens is 356 g/mol. The largest absolute Gasteiger partial charge is 0.508 e. The molecule has 0 spiro atoms. The van der Waals surface area contributed by atoms with Gasteiger partial charge in [0.05, 0.1) is 0 Å². The summed E-state index contributed by atoms with van der Waals surface area (Å²) >= 11 is 0. The molecule has 3 aliphatic rings. The van der Waals surface area contributed by atoms with Crippen molar-refractivity contribution >= 4 is 5.78 Å². The monoisotopic (exact) mass is 388 g/mol. The van der Waals surface area contributed by atoms with Gasteiger partial charge in [-0.05, 0) is 97.9 Å². The highest BCUT2D eigenvalue weighted by Gasteiger charge is 2.58. The molecule has 2 heteroatoms. The van der Waals surface area contributed by atoms with Gasteiger partial charge in [-0.1, -0.05) is 42.8 Å². The van der Waals surface area contributed by atoms with E-state index in [1.54, 1.807) is 0 Å². The highest BCUT2D eigenvalue weighted by Crippen LogP contribution is 2.62. The summed E-state index contributed by atoms with van der Waals surface area (Å²) in [5.41, 5.74) is 5.36. The molecule has 0 saturated heterocycles. The van der Waals surface area contributed by atoms with Crippen LogP contribution in [0.15, 0.2) is 42.5 Å². The molecule has 2 aromatic carbocycles. The van der Waals surface area contributed by atoms with E-state index in [2.05, 4.69) is 44.2 Å². The minimum Gasteiger partial charge on any atom is -0.508 e. The predicted octanol–water partition coefficient (Wildman–Crippen LogP) is 5.98. The van der Waals surface area contributed by atoms with Gasteiger partial charge in [0.2, 0.25) is 0 Å². The maximum atomic E-state index is 13.1. The number of carbonyl (C=O) groups is 1. The number of fused-ring (bicyclic) bond motifs is 5. The molecule has 2 aromatic rings. The number of phenols is 1. The molecule has 2 nitrogen and oxygen atoms in total. The lowest BCUT2D eigenvalue weighted by Gasteiger charge is -2.50. The summed E-state index contributed by atoms with van der Waals surface area (Å²) in [6.07, 6.45) is 7.32. The zero-order chi connectivity index (χ0) is 20.2. The van der Waals surface area contributed by atoms with Crippen molar-refractivity contribution in [2.45, 2.75) is 64.7 Å². The van der Waals surface area contributed by atoms with E-state index in [0.717, 1.165) is 44.9 Å². The molecule has 2 fully saturated rings. The number of phenolic OH excluding ortho intramolecular Hbond substituents is 1. The third kappa shape index (κ3) is 3.12. The van der Waals surface area contributed by atoms with E-state index in [-0.39, 0.29) is 5.41 Å². The Morgan fingerprint density at radius 2 is 1.90 bits per heavy atom. The zero-order valence-corrected chi connectivity index (χ0v) is 17.7. The van der Waals surface area contributed by atoms with Gasteiger partial charge >= 0.3 is 0 Å². The van der Waals surface area contributed by atoms with Crippen LogP contribution in [0.3, 0.4) is 0 Å². The van der Waals surface area contributed by atoms with Gasteiger partial charge in [-0.25, -0.2) is 0 Å². The molecule has 1 N–H and O–H groups in total. The number of ketones is 1. The standard InChI is InChI=1S/C27H32O2/c1-17-3-5-18(6-4-17)7-8-20-16-25(29)27(2)14-13-23-22-12-10-21(28)15-19(22)9-11-24(23)26(20)27/h3-6,10,12,15,20,23-24,26,28H,7-9,11,13-14,16H2,1-2H3/t20-,23+,24+,26-,27+/m0/s1. The smallest absolute Gasteiger partial charge is 0.139 e. The Morgan fingerprint density at radius 1 is 1.10 bits per heavy atom. The SMILES string of the molecule is Cc1ccc(CC[C@H]2CC(=O)[C@@]3(C)CC[C@@H]4c5ccc(O)cc5CC[C@H]4[C@H]23)cc1. The van der Waals surface area contributed by atoms with Crippen LogP contribution >= 0.6 is 0 Å². The fourth-order valence-electron chi connectivity index (χ4n) is 7.00. The van der Waals surface area contributed by atoms with Crippen molar-refractivity contribution in [3.05, 3.63) is 64.7 Å². The van der Waals surface area contributed by atoms with Crippen molar-refractivity contribution in [2.24, 2.45) is 23.2 Å². The molecule has 2 saturated carbocycles. The first-order chi connectivity index (χ1) is 14.0. The van der Waals surface area contributed by atoms with Crippen molar-refractivity contribution in [1.82, 2.24) is 0 Å². The van der Waals surface area contributed by atoms with Crippen LogP contribution < -0.4 is 0 Å². The molecule has 0 bridgehead atoms. The molecular formula is C27H32O2. The van der Waals surface area contributed by atoms with Gasteiger partial charge < -0.3 is 5.11 Å². The van der Waals surface area contributed by atoms with Crippen molar-refractivity contribution < 1.29 is 9.90 Å². The summed E-state index contributed by atoms with van der Waals surface area (Å²) in [7, 11) is 0. The Morgan fingerprint density at radius 3 is 2.69 bits per heavy atom. The quantitative estimate of drug-likeness (QED) is 0.702.